The molecule has 2 aromatic rings. The third kappa shape index (κ3) is 4.49. The number of rotatable bonds is 9. The molecule has 8 heteroatoms. The number of carbonyl (C=O) groups is 2. The first-order valence-electron chi connectivity index (χ1n) is 12.1. The molecule has 0 bridgehead atoms. The average molecular weight is 454 g/mol. The van der Waals surface area contributed by atoms with Crippen molar-refractivity contribution >= 4 is 28.6 Å². The second-order valence-electron chi connectivity index (χ2n) is 9.14. The van der Waals surface area contributed by atoms with Crippen molar-refractivity contribution in [2.75, 3.05) is 19.7 Å². The third-order valence-corrected chi connectivity index (χ3v) is 7.16. The van der Waals surface area contributed by atoms with Crippen LogP contribution in [0.15, 0.2) is 24.3 Å². The molecule has 0 radical (unpaired) electrons. The number of ether oxygens (including phenoxy) is 1. The highest BCUT2D eigenvalue weighted by molar-refractivity contribution is 5.98. The SMILES string of the molecule is CCOC(=O)CC1(C(=O)N2CC[C@@H]2CCc2cc3ccc(C(=N)N)cc3n2CC)CCCN1. The predicted molar refractivity (Wildman–Crippen MR) is 128 cm³/mol. The minimum absolute atomic E-state index is 0.0476. The Labute approximate surface area is 194 Å². The zero-order chi connectivity index (χ0) is 23.6. The van der Waals surface area contributed by atoms with E-state index in [9.17, 15) is 9.59 Å². The smallest absolute Gasteiger partial charge is 0.308 e. The van der Waals surface area contributed by atoms with Gasteiger partial charge in [-0.05, 0) is 70.0 Å². The summed E-state index contributed by atoms with van der Waals surface area (Å²) >= 11 is 0. The van der Waals surface area contributed by atoms with Crippen LogP contribution >= 0.6 is 0 Å². The second kappa shape index (κ2) is 9.55. The molecular weight excluding hydrogens is 418 g/mol. The third-order valence-electron chi connectivity index (χ3n) is 7.16. The van der Waals surface area contributed by atoms with Crippen molar-refractivity contribution in [1.29, 1.82) is 5.41 Å². The van der Waals surface area contributed by atoms with Gasteiger partial charge in [-0.3, -0.25) is 15.0 Å². The Hall–Kier alpha value is -2.87. The summed E-state index contributed by atoms with van der Waals surface area (Å²) in [5.74, 6) is -0.190. The summed E-state index contributed by atoms with van der Waals surface area (Å²) in [5, 5.41) is 12.2. The number of esters is 1. The number of aryl methyl sites for hydroxylation is 2. The normalized spacial score (nSPS) is 22.4. The summed E-state index contributed by atoms with van der Waals surface area (Å²) < 4.78 is 7.42. The molecule has 33 heavy (non-hydrogen) atoms. The van der Waals surface area contributed by atoms with Gasteiger partial charge in [0.2, 0.25) is 5.91 Å². The number of likely N-dealkylation sites (tertiary alicyclic amines) is 1. The zero-order valence-corrected chi connectivity index (χ0v) is 19.7. The standard InChI is InChI=1S/C25H35N5O3/c1-3-29-20(14-17-6-7-18(23(26)27)15-21(17)29)9-8-19-10-13-30(19)24(32)25(11-5-12-28-25)16-22(31)33-4-2/h6-7,14-15,19,28H,3-5,8-13,16H2,1-2H3,(H3,26,27)/t19-,25?/m0/s1. The van der Waals surface area contributed by atoms with Crippen LogP contribution in [0.4, 0.5) is 0 Å². The van der Waals surface area contributed by atoms with E-state index in [1.807, 2.05) is 23.1 Å². The summed E-state index contributed by atoms with van der Waals surface area (Å²) in [7, 11) is 0. The molecule has 2 aliphatic rings. The molecule has 4 rings (SSSR count). The first kappa shape index (κ1) is 23.3. The highest BCUT2D eigenvalue weighted by Gasteiger charge is 2.48. The van der Waals surface area contributed by atoms with Crippen molar-refractivity contribution in [3.8, 4) is 0 Å². The maximum atomic E-state index is 13.5. The van der Waals surface area contributed by atoms with Crippen LogP contribution in [0.5, 0.6) is 0 Å². The molecule has 2 saturated heterocycles. The molecule has 2 fully saturated rings. The lowest BCUT2D eigenvalue weighted by Crippen LogP contribution is -2.62. The molecule has 2 aliphatic heterocycles. The van der Waals surface area contributed by atoms with E-state index < -0.39 is 5.54 Å². The fraction of sp³-hybridized carbons (Fsp3) is 0.560. The van der Waals surface area contributed by atoms with E-state index in [0.717, 1.165) is 61.8 Å². The van der Waals surface area contributed by atoms with Crippen LogP contribution in [0.2, 0.25) is 0 Å². The molecular formula is C25H35N5O3. The number of amidine groups is 1. The number of benzene rings is 1. The molecule has 0 saturated carbocycles. The van der Waals surface area contributed by atoms with E-state index in [1.165, 1.54) is 5.69 Å². The Balaban J connectivity index is 1.46. The Morgan fingerprint density at radius 1 is 1.30 bits per heavy atom. The average Bonchev–Trinajstić information content (AvgIpc) is 3.37. The molecule has 4 N–H and O–H groups in total. The van der Waals surface area contributed by atoms with Gasteiger partial charge in [0.05, 0.1) is 13.0 Å². The molecule has 1 unspecified atom stereocenters. The monoisotopic (exact) mass is 453 g/mol. The molecule has 178 valence electrons. The maximum Gasteiger partial charge on any atom is 0.308 e. The van der Waals surface area contributed by atoms with Crippen LogP contribution in [-0.4, -0.2) is 58.5 Å². The number of nitrogen functional groups attached to an aromatic ring is 1. The number of nitrogens with one attached hydrogen (secondary N) is 2. The van der Waals surface area contributed by atoms with Crippen LogP contribution in [0, 0.1) is 5.41 Å². The molecule has 2 atom stereocenters. The van der Waals surface area contributed by atoms with Crippen LogP contribution in [0.25, 0.3) is 10.9 Å². The van der Waals surface area contributed by atoms with Crippen molar-refractivity contribution < 1.29 is 14.3 Å². The fourth-order valence-electron chi connectivity index (χ4n) is 5.33. The number of fused-ring (bicyclic) bond motifs is 1. The highest BCUT2D eigenvalue weighted by Crippen LogP contribution is 2.33. The van der Waals surface area contributed by atoms with Crippen LogP contribution in [0.3, 0.4) is 0 Å². The van der Waals surface area contributed by atoms with Crippen molar-refractivity contribution in [3.63, 3.8) is 0 Å². The molecule has 8 nitrogen and oxygen atoms in total. The van der Waals surface area contributed by atoms with Crippen molar-refractivity contribution in [2.45, 2.75) is 70.5 Å². The molecule has 0 aliphatic carbocycles. The van der Waals surface area contributed by atoms with Gasteiger partial charge in [-0.1, -0.05) is 12.1 Å². The fourth-order valence-corrected chi connectivity index (χ4v) is 5.33. The van der Waals surface area contributed by atoms with E-state index in [4.69, 9.17) is 15.9 Å². The van der Waals surface area contributed by atoms with E-state index in [0.29, 0.717) is 13.0 Å². The van der Waals surface area contributed by atoms with Crippen molar-refractivity contribution in [2.24, 2.45) is 5.73 Å². The molecule has 0 spiro atoms. The number of aromatic nitrogens is 1. The summed E-state index contributed by atoms with van der Waals surface area (Å²) in [6.07, 6.45) is 4.41. The maximum absolute atomic E-state index is 13.5. The Morgan fingerprint density at radius 2 is 2.12 bits per heavy atom. The summed E-state index contributed by atoms with van der Waals surface area (Å²) in [4.78, 5) is 27.7. The van der Waals surface area contributed by atoms with Crippen molar-refractivity contribution in [1.82, 2.24) is 14.8 Å². The van der Waals surface area contributed by atoms with E-state index in [1.54, 1.807) is 6.92 Å². The van der Waals surface area contributed by atoms with E-state index in [-0.39, 0.29) is 30.2 Å². The Morgan fingerprint density at radius 3 is 2.73 bits per heavy atom. The van der Waals surface area contributed by atoms with Gasteiger partial charge < -0.3 is 25.3 Å². The van der Waals surface area contributed by atoms with Crippen LogP contribution in [0.1, 0.15) is 57.2 Å². The topological polar surface area (TPSA) is 113 Å². The van der Waals surface area contributed by atoms with Gasteiger partial charge >= 0.3 is 5.97 Å². The van der Waals surface area contributed by atoms with E-state index >= 15 is 0 Å². The molecule has 3 heterocycles. The predicted octanol–water partition coefficient (Wildman–Crippen LogP) is 2.55. The number of nitrogens with two attached hydrogens (primary N) is 1. The minimum atomic E-state index is -0.813. The van der Waals surface area contributed by atoms with Gasteiger partial charge in [-0.2, -0.15) is 0 Å². The first-order chi connectivity index (χ1) is 15.9. The van der Waals surface area contributed by atoms with Gasteiger partial charge in [-0.15, -0.1) is 0 Å². The summed E-state index contributed by atoms with van der Waals surface area (Å²) in [6.45, 7) is 6.57. The van der Waals surface area contributed by atoms with Gasteiger partial charge in [0, 0.05) is 35.9 Å². The molecule has 1 aromatic heterocycles. The van der Waals surface area contributed by atoms with Gasteiger partial charge in [-0.25, -0.2) is 0 Å². The van der Waals surface area contributed by atoms with Gasteiger partial charge in [0.1, 0.15) is 11.4 Å². The lowest BCUT2D eigenvalue weighted by atomic mass is 9.87. The van der Waals surface area contributed by atoms with Gasteiger partial charge in [0.25, 0.3) is 0 Å². The largest absolute Gasteiger partial charge is 0.466 e. The molecule has 1 aromatic carbocycles. The number of nitrogens with zero attached hydrogens (tertiary/aromatic N) is 2. The Bertz CT molecular complexity index is 1050. The minimum Gasteiger partial charge on any atom is -0.466 e. The van der Waals surface area contributed by atoms with Crippen LogP contribution in [-0.2, 0) is 27.3 Å². The zero-order valence-electron chi connectivity index (χ0n) is 19.7. The van der Waals surface area contributed by atoms with E-state index in [2.05, 4.69) is 22.9 Å². The lowest BCUT2D eigenvalue weighted by molar-refractivity contribution is -0.154. The number of hydrogen-bond donors (Lipinski definition) is 3. The van der Waals surface area contributed by atoms with Crippen LogP contribution < -0.4 is 11.1 Å². The highest BCUT2D eigenvalue weighted by atomic mass is 16.5. The quantitative estimate of drug-likeness (QED) is 0.307. The van der Waals surface area contributed by atoms with Crippen molar-refractivity contribution in [3.05, 3.63) is 35.5 Å². The second-order valence-corrected chi connectivity index (χ2v) is 9.14. The number of amides is 1. The Kier molecular flexibility index (Phi) is 6.74. The summed E-state index contributed by atoms with van der Waals surface area (Å²) in [6, 6.07) is 8.28. The summed E-state index contributed by atoms with van der Waals surface area (Å²) in [5.41, 5.74) is 7.92. The first-order valence-corrected chi connectivity index (χ1v) is 12.1. The number of hydrogen-bond acceptors (Lipinski definition) is 5. The molecule has 1 amide bonds. The van der Waals surface area contributed by atoms with Gasteiger partial charge in [0.15, 0.2) is 0 Å². The lowest BCUT2D eigenvalue weighted by Gasteiger charge is -2.45. The number of carbonyl (C=O) groups excluding carboxylic acids is 2.